The van der Waals surface area contributed by atoms with Crippen LogP contribution < -0.4 is 11.1 Å². The number of carbonyl (C=O) groups is 2. The Morgan fingerprint density at radius 2 is 2.10 bits per heavy atom. The first-order valence-corrected chi connectivity index (χ1v) is 7.36. The van der Waals surface area contributed by atoms with Gasteiger partial charge in [0.2, 0.25) is 11.8 Å². The van der Waals surface area contributed by atoms with Gasteiger partial charge in [-0.2, -0.15) is 0 Å². The maximum Gasteiger partial charge on any atom is 0.243 e. The van der Waals surface area contributed by atoms with Crippen molar-refractivity contribution in [3.05, 3.63) is 35.4 Å². The van der Waals surface area contributed by atoms with Crippen molar-refractivity contribution in [1.82, 2.24) is 10.2 Å². The summed E-state index contributed by atoms with van der Waals surface area (Å²) in [6, 6.07) is 7.57. The summed E-state index contributed by atoms with van der Waals surface area (Å²) in [7, 11) is 0. The summed E-state index contributed by atoms with van der Waals surface area (Å²) in [6.07, 6.45) is 1.01. The average Bonchev–Trinajstić information content (AvgIpc) is 2.82. The number of hydrogen-bond donors (Lipinski definition) is 2. The fourth-order valence-corrected chi connectivity index (χ4v) is 2.49. The molecule has 2 amide bonds. The van der Waals surface area contributed by atoms with E-state index in [1.165, 1.54) is 5.56 Å². The molecule has 0 radical (unpaired) electrons. The molecule has 5 heteroatoms. The highest BCUT2D eigenvalue weighted by molar-refractivity contribution is 5.91. The number of rotatable bonds is 5. The highest BCUT2D eigenvalue weighted by Crippen LogP contribution is 2.22. The largest absolute Gasteiger partial charge is 0.351 e. The molecular weight excluding hydrogens is 266 g/mol. The molecule has 0 aliphatic carbocycles. The van der Waals surface area contributed by atoms with Gasteiger partial charge in [-0.15, -0.1) is 0 Å². The number of nitrogens with two attached hydrogens (primary N) is 1. The highest BCUT2D eigenvalue weighted by atomic mass is 16.2. The Balaban J connectivity index is 2.06. The van der Waals surface area contributed by atoms with Gasteiger partial charge in [-0.25, -0.2) is 0 Å². The molecule has 114 valence electrons. The molecule has 1 saturated heterocycles. The van der Waals surface area contributed by atoms with Crippen molar-refractivity contribution in [2.24, 2.45) is 5.73 Å². The molecule has 2 atom stereocenters. The number of nitrogens with zero attached hydrogens (tertiary/aromatic N) is 1. The van der Waals surface area contributed by atoms with Gasteiger partial charge in [0.05, 0.1) is 0 Å². The molecule has 1 aromatic rings. The highest BCUT2D eigenvalue weighted by Gasteiger charge is 2.36. The van der Waals surface area contributed by atoms with Crippen LogP contribution in [0.15, 0.2) is 24.3 Å². The van der Waals surface area contributed by atoms with E-state index in [-0.39, 0.29) is 23.9 Å². The van der Waals surface area contributed by atoms with E-state index in [0.29, 0.717) is 25.9 Å². The number of carbonyl (C=O) groups excluding carboxylic acids is 2. The minimum atomic E-state index is -0.382. The molecule has 1 aliphatic heterocycles. The van der Waals surface area contributed by atoms with Crippen molar-refractivity contribution in [3.8, 4) is 0 Å². The first kappa shape index (κ1) is 15.5. The minimum absolute atomic E-state index is 0.0381. The fourth-order valence-electron chi connectivity index (χ4n) is 2.49. The lowest BCUT2D eigenvalue weighted by Crippen LogP contribution is -2.48. The number of nitrogens with one attached hydrogen (secondary N) is 1. The average molecular weight is 289 g/mol. The lowest BCUT2D eigenvalue weighted by molar-refractivity contribution is -0.136. The Morgan fingerprint density at radius 1 is 1.43 bits per heavy atom. The van der Waals surface area contributed by atoms with E-state index < -0.39 is 0 Å². The summed E-state index contributed by atoms with van der Waals surface area (Å²) < 4.78 is 0. The van der Waals surface area contributed by atoms with E-state index in [1.807, 2.05) is 38.1 Å². The molecule has 0 spiro atoms. The summed E-state index contributed by atoms with van der Waals surface area (Å²) >= 11 is 0. The third kappa shape index (κ3) is 3.82. The van der Waals surface area contributed by atoms with Crippen LogP contribution in [0.2, 0.25) is 0 Å². The van der Waals surface area contributed by atoms with E-state index in [0.717, 1.165) is 5.56 Å². The van der Waals surface area contributed by atoms with Gasteiger partial charge in [0, 0.05) is 25.6 Å². The molecular formula is C16H23N3O2. The van der Waals surface area contributed by atoms with Crippen molar-refractivity contribution >= 4 is 11.8 Å². The zero-order valence-corrected chi connectivity index (χ0v) is 12.6. The molecule has 0 saturated carbocycles. The van der Waals surface area contributed by atoms with Gasteiger partial charge in [0.15, 0.2) is 0 Å². The zero-order valence-electron chi connectivity index (χ0n) is 12.6. The van der Waals surface area contributed by atoms with Crippen LogP contribution in [-0.2, 0) is 16.1 Å². The quantitative estimate of drug-likeness (QED) is 0.847. The number of hydrogen-bond acceptors (Lipinski definition) is 3. The van der Waals surface area contributed by atoms with Crippen molar-refractivity contribution in [2.45, 2.75) is 45.3 Å². The standard InChI is InChI=1S/C16H23N3O2/c1-11-3-5-13(6-4-11)10-19-14(7-8-15(19)20)16(21)18-12(2)9-17/h3-6,12,14H,7-10,17H2,1-2H3,(H,18,21)/t12-,14?/m0/s1. The van der Waals surface area contributed by atoms with Gasteiger partial charge in [-0.05, 0) is 25.8 Å². The smallest absolute Gasteiger partial charge is 0.243 e. The van der Waals surface area contributed by atoms with E-state index in [1.54, 1.807) is 4.90 Å². The van der Waals surface area contributed by atoms with Gasteiger partial charge in [-0.3, -0.25) is 9.59 Å². The van der Waals surface area contributed by atoms with Gasteiger partial charge in [-0.1, -0.05) is 29.8 Å². The predicted octanol–water partition coefficient (Wildman–Crippen LogP) is 0.949. The van der Waals surface area contributed by atoms with E-state index in [9.17, 15) is 9.59 Å². The molecule has 1 aliphatic rings. The molecule has 3 N–H and O–H groups in total. The Kier molecular flexibility index (Phi) is 4.96. The van der Waals surface area contributed by atoms with Crippen LogP contribution in [0.1, 0.15) is 30.9 Å². The molecule has 0 aromatic heterocycles. The fraction of sp³-hybridized carbons (Fsp3) is 0.500. The topological polar surface area (TPSA) is 75.4 Å². The molecule has 0 bridgehead atoms. The number of benzene rings is 1. The van der Waals surface area contributed by atoms with E-state index in [4.69, 9.17) is 5.73 Å². The second kappa shape index (κ2) is 6.72. The zero-order chi connectivity index (χ0) is 15.4. The summed E-state index contributed by atoms with van der Waals surface area (Å²) in [5.41, 5.74) is 7.74. The monoisotopic (exact) mass is 289 g/mol. The van der Waals surface area contributed by atoms with Crippen LogP contribution >= 0.6 is 0 Å². The molecule has 2 rings (SSSR count). The van der Waals surface area contributed by atoms with E-state index >= 15 is 0 Å². The van der Waals surface area contributed by atoms with Gasteiger partial charge >= 0.3 is 0 Å². The second-order valence-corrected chi connectivity index (χ2v) is 5.71. The van der Waals surface area contributed by atoms with Crippen molar-refractivity contribution in [2.75, 3.05) is 6.54 Å². The van der Waals surface area contributed by atoms with Crippen LogP contribution in [0.4, 0.5) is 0 Å². The predicted molar refractivity (Wildman–Crippen MR) is 81.4 cm³/mol. The Bertz CT molecular complexity index is 513. The van der Waals surface area contributed by atoms with Gasteiger partial charge < -0.3 is 16.0 Å². The summed E-state index contributed by atoms with van der Waals surface area (Å²) in [6.45, 7) is 4.76. The van der Waals surface area contributed by atoms with Crippen LogP contribution in [0.5, 0.6) is 0 Å². The molecule has 21 heavy (non-hydrogen) atoms. The molecule has 1 fully saturated rings. The maximum atomic E-state index is 12.3. The molecule has 1 aromatic carbocycles. The number of likely N-dealkylation sites (tertiary alicyclic amines) is 1. The van der Waals surface area contributed by atoms with Crippen LogP contribution in [0.3, 0.4) is 0 Å². The van der Waals surface area contributed by atoms with Crippen LogP contribution in [0.25, 0.3) is 0 Å². The van der Waals surface area contributed by atoms with Crippen LogP contribution in [0, 0.1) is 6.92 Å². The number of aryl methyl sites for hydroxylation is 1. The molecule has 5 nitrogen and oxygen atoms in total. The maximum absolute atomic E-state index is 12.3. The summed E-state index contributed by atoms with van der Waals surface area (Å²) in [5.74, 6) is -0.0676. The normalized spacial score (nSPS) is 19.7. The third-order valence-corrected chi connectivity index (χ3v) is 3.85. The van der Waals surface area contributed by atoms with Crippen molar-refractivity contribution in [3.63, 3.8) is 0 Å². The van der Waals surface area contributed by atoms with Gasteiger partial charge in [0.25, 0.3) is 0 Å². The van der Waals surface area contributed by atoms with Crippen LogP contribution in [-0.4, -0.2) is 35.3 Å². The SMILES string of the molecule is Cc1ccc(CN2C(=O)CCC2C(=O)N[C@@H](C)CN)cc1. The van der Waals surface area contributed by atoms with Crippen molar-refractivity contribution < 1.29 is 9.59 Å². The minimum Gasteiger partial charge on any atom is -0.351 e. The van der Waals surface area contributed by atoms with Crippen molar-refractivity contribution in [1.29, 1.82) is 0 Å². The summed E-state index contributed by atoms with van der Waals surface area (Å²) in [4.78, 5) is 26.0. The van der Waals surface area contributed by atoms with E-state index in [2.05, 4.69) is 5.32 Å². The Morgan fingerprint density at radius 3 is 2.71 bits per heavy atom. The lowest BCUT2D eigenvalue weighted by Gasteiger charge is -2.25. The second-order valence-electron chi connectivity index (χ2n) is 5.71. The first-order chi connectivity index (χ1) is 10.0. The van der Waals surface area contributed by atoms with Gasteiger partial charge in [0.1, 0.15) is 6.04 Å². The Hall–Kier alpha value is -1.88. The molecule has 1 unspecified atom stereocenters. The number of amides is 2. The lowest BCUT2D eigenvalue weighted by atomic mass is 10.1. The third-order valence-electron chi connectivity index (χ3n) is 3.85. The Labute approximate surface area is 125 Å². The summed E-state index contributed by atoms with van der Waals surface area (Å²) in [5, 5.41) is 2.86. The molecule has 1 heterocycles. The first-order valence-electron chi connectivity index (χ1n) is 7.36.